The second-order valence-electron chi connectivity index (χ2n) is 9.32. The summed E-state index contributed by atoms with van der Waals surface area (Å²) in [6.07, 6.45) is -0.511. The summed E-state index contributed by atoms with van der Waals surface area (Å²) in [6, 6.07) is 3.79. The molecule has 1 aromatic carbocycles. The third-order valence-electron chi connectivity index (χ3n) is 6.80. The summed E-state index contributed by atoms with van der Waals surface area (Å²) in [5.74, 6) is -0.788. The Hall–Kier alpha value is -2.78. The number of benzene rings is 1. The minimum absolute atomic E-state index is 0.0713. The van der Waals surface area contributed by atoms with Gasteiger partial charge in [-0.05, 0) is 45.4 Å². The molecule has 2 aliphatic heterocycles. The van der Waals surface area contributed by atoms with Crippen LogP contribution in [0.15, 0.2) is 18.2 Å². The SMILES string of the molecule is CCCN1CC[C@@H](Oc2cc(F)ccc2C(=O)N2Cc3nn4c(C)c(Cl)c(C)nc4c3C2)[C@H](F)C1. The lowest BCUT2D eigenvalue weighted by molar-refractivity contribution is 0.0210. The largest absolute Gasteiger partial charge is 0.486 e. The predicted molar refractivity (Wildman–Crippen MR) is 128 cm³/mol. The Morgan fingerprint density at radius 2 is 2.09 bits per heavy atom. The first-order chi connectivity index (χ1) is 16.8. The van der Waals surface area contributed by atoms with Crippen molar-refractivity contribution in [3.05, 3.63) is 57.2 Å². The monoisotopic (exact) mass is 503 g/mol. The molecule has 2 aliphatic rings. The van der Waals surface area contributed by atoms with Crippen molar-refractivity contribution >= 4 is 23.2 Å². The Morgan fingerprint density at radius 3 is 2.83 bits per heavy atom. The summed E-state index contributed by atoms with van der Waals surface area (Å²) in [7, 11) is 0. The van der Waals surface area contributed by atoms with Crippen LogP contribution in [0.2, 0.25) is 5.02 Å². The van der Waals surface area contributed by atoms with Gasteiger partial charge in [0.25, 0.3) is 5.91 Å². The number of hydrogen-bond acceptors (Lipinski definition) is 5. The number of carbonyl (C=O) groups is 1. The van der Waals surface area contributed by atoms with Gasteiger partial charge in [-0.1, -0.05) is 18.5 Å². The van der Waals surface area contributed by atoms with Gasteiger partial charge in [0.1, 0.15) is 23.8 Å². The first kappa shape index (κ1) is 23.9. The first-order valence-corrected chi connectivity index (χ1v) is 12.3. The molecular formula is C25H28ClF2N5O2. The van der Waals surface area contributed by atoms with Crippen LogP contribution in [0.5, 0.6) is 5.75 Å². The maximum atomic E-state index is 14.8. The van der Waals surface area contributed by atoms with Crippen molar-refractivity contribution in [1.29, 1.82) is 0 Å². The molecule has 186 valence electrons. The zero-order valence-electron chi connectivity index (χ0n) is 20.0. The highest BCUT2D eigenvalue weighted by Crippen LogP contribution is 2.32. The molecule has 35 heavy (non-hydrogen) atoms. The summed E-state index contributed by atoms with van der Waals surface area (Å²) in [4.78, 5) is 21.7. The lowest BCUT2D eigenvalue weighted by Gasteiger charge is -2.35. The van der Waals surface area contributed by atoms with E-state index in [-0.39, 0.29) is 30.3 Å². The maximum Gasteiger partial charge on any atom is 0.258 e. The van der Waals surface area contributed by atoms with E-state index in [0.717, 1.165) is 29.9 Å². The van der Waals surface area contributed by atoms with E-state index in [1.807, 2.05) is 13.8 Å². The van der Waals surface area contributed by atoms with Crippen molar-refractivity contribution in [2.45, 2.75) is 59.0 Å². The molecule has 5 rings (SSSR count). The second kappa shape index (κ2) is 9.35. The van der Waals surface area contributed by atoms with Crippen LogP contribution in [0, 0.1) is 19.7 Å². The van der Waals surface area contributed by atoms with Crippen molar-refractivity contribution < 1.29 is 18.3 Å². The third kappa shape index (κ3) is 4.36. The molecule has 1 amide bonds. The van der Waals surface area contributed by atoms with Crippen LogP contribution < -0.4 is 4.74 Å². The number of hydrogen-bond donors (Lipinski definition) is 0. The van der Waals surface area contributed by atoms with Gasteiger partial charge < -0.3 is 14.5 Å². The number of alkyl halides is 1. The van der Waals surface area contributed by atoms with E-state index in [0.29, 0.717) is 35.9 Å². The van der Waals surface area contributed by atoms with Gasteiger partial charge in [0.2, 0.25) is 0 Å². The zero-order chi connectivity index (χ0) is 24.9. The number of likely N-dealkylation sites (tertiary alicyclic amines) is 1. The molecule has 1 fully saturated rings. The van der Waals surface area contributed by atoms with Gasteiger partial charge in [-0.3, -0.25) is 4.79 Å². The summed E-state index contributed by atoms with van der Waals surface area (Å²) in [5, 5.41) is 5.18. The van der Waals surface area contributed by atoms with Gasteiger partial charge in [0.05, 0.1) is 40.8 Å². The van der Waals surface area contributed by atoms with Crippen LogP contribution in [0.25, 0.3) is 5.65 Å². The van der Waals surface area contributed by atoms with Crippen LogP contribution in [0.4, 0.5) is 8.78 Å². The number of halogens is 3. The minimum atomic E-state index is -1.21. The average molecular weight is 504 g/mol. The Kier molecular flexibility index (Phi) is 6.40. The zero-order valence-corrected chi connectivity index (χ0v) is 20.8. The smallest absolute Gasteiger partial charge is 0.258 e. The van der Waals surface area contributed by atoms with Gasteiger partial charge in [-0.2, -0.15) is 5.10 Å². The van der Waals surface area contributed by atoms with Crippen molar-refractivity contribution in [1.82, 2.24) is 24.4 Å². The molecule has 0 saturated carbocycles. The van der Waals surface area contributed by atoms with E-state index in [1.54, 1.807) is 9.42 Å². The van der Waals surface area contributed by atoms with Crippen LogP contribution in [-0.2, 0) is 13.1 Å². The van der Waals surface area contributed by atoms with Gasteiger partial charge in [-0.25, -0.2) is 18.3 Å². The van der Waals surface area contributed by atoms with Crippen molar-refractivity contribution in [2.75, 3.05) is 19.6 Å². The quantitative estimate of drug-likeness (QED) is 0.513. The van der Waals surface area contributed by atoms with E-state index >= 15 is 0 Å². The number of carbonyl (C=O) groups excluding carboxylic acids is 1. The molecule has 0 aliphatic carbocycles. The molecule has 0 unspecified atom stereocenters. The topological polar surface area (TPSA) is 63.0 Å². The van der Waals surface area contributed by atoms with E-state index in [2.05, 4.69) is 21.9 Å². The predicted octanol–water partition coefficient (Wildman–Crippen LogP) is 4.50. The maximum absolute atomic E-state index is 14.8. The third-order valence-corrected chi connectivity index (χ3v) is 7.35. The minimum Gasteiger partial charge on any atom is -0.486 e. The Labute approximate surface area is 207 Å². The van der Waals surface area contributed by atoms with Crippen LogP contribution in [0.3, 0.4) is 0 Å². The van der Waals surface area contributed by atoms with Crippen molar-refractivity contribution in [3.63, 3.8) is 0 Å². The summed E-state index contributed by atoms with van der Waals surface area (Å²) < 4.78 is 36.6. The standard InChI is InChI=1S/C25H28ClF2N5O2/c1-4-8-31-9-7-21(19(28)12-31)35-22-10-16(27)5-6-17(22)25(34)32-11-18-20(13-32)30-33-15(3)23(26)14(2)29-24(18)33/h5-6,10,19,21H,4,7-9,11-13H2,1-3H3/t19-,21-/m1/s1. The fourth-order valence-electron chi connectivity index (χ4n) is 4.96. The Bertz CT molecular complexity index is 1300. The molecule has 7 nitrogen and oxygen atoms in total. The number of amides is 1. The number of ether oxygens (including phenoxy) is 1. The number of piperidine rings is 1. The number of rotatable bonds is 5. The highest BCUT2D eigenvalue weighted by molar-refractivity contribution is 6.31. The molecule has 1 saturated heterocycles. The molecule has 0 radical (unpaired) electrons. The summed E-state index contributed by atoms with van der Waals surface area (Å²) in [5.41, 5.74) is 3.97. The average Bonchev–Trinajstić information content (AvgIpc) is 3.38. The van der Waals surface area contributed by atoms with E-state index in [9.17, 15) is 13.6 Å². The molecule has 0 N–H and O–H groups in total. The van der Waals surface area contributed by atoms with E-state index in [1.165, 1.54) is 18.2 Å². The lowest BCUT2D eigenvalue weighted by atomic mass is 10.0. The van der Waals surface area contributed by atoms with Crippen LogP contribution in [0.1, 0.15) is 52.8 Å². The van der Waals surface area contributed by atoms with Gasteiger partial charge in [0, 0.05) is 24.7 Å². The van der Waals surface area contributed by atoms with Crippen molar-refractivity contribution in [2.24, 2.45) is 0 Å². The molecule has 0 spiro atoms. The molecule has 3 aromatic rings. The summed E-state index contributed by atoms with van der Waals surface area (Å²) >= 11 is 6.32. The number of aromatic nitrogens is 3. The molecule has 4 heterocycles. The normalized spacial score (nSPS) is 20.5. The summed E-state index contributed by atoms with van der Waals surface area (Å²) in [6.45, 7) is 8.16. The molecular weight excluding hydrogens is 476 g/mol. The highest BCUT2D eigenvalue weighted by atomic mass is 35.5. The van der Waals surface area contributed by atoms with Crippen molar-refractivity contribution in [3.8, 4) is 5.75 Å². The lowest BCUT2D eigenvalue weighted by Crippen LogP contribution is -2.47. The van der Waals surface area contributed by atoms with Gasteiger partial charge >= 0.3 is 0 Å². The molecule has 2 atom stereocenters. The molecule has 10 heteroatoms. The number of fused-ring (bicyclic) bond motifs is 3. The Morgan fingerprint density at radius 1 is 1.29 bits per heavy atom. The van der Waals surface area contributed by atoms with Crippen LogP contribution in [-0.4, -0.2) is 62.2 Å². The van der Waals surface area contributed by atoms with E-state index in [4.69, 9.17) is 16.3 Å². The molecule has 0 bridgehead atoms. The first-order valence-electron chi connectivity index (χ1n) is 11.9. The molecule has 2 aromatic heterocycles. The van der Waals surface area contributed by atoms with Crippen LogP contribution >= 0.6 is 11.6 Å². The fraction of sp³-hybridized carbons (Fsp3) is 0.480. The Balaban J connectivity index is 1.37. The number of nitrogens with zero attached hydrogens (tertiary/aromatic N) is 5. The fourth-order valence-corrected chi connectivity index (χ4v) is 5.08. The van der Waals surface area contributed by atoms with Gasteiger partial charge in [-0.15, -0.1) is 0 Å². The second-order valence-corrected chi connectivity index (χ2v) is 9.70. The van der Waals surface area contributed by atoms with Gasteiger partial charge in [0.15, 0.2) is 5.65 Å². The number of aryl methyl sites for hydroxylation is 2. The van der Waals surface area contributed by atoms with E-state index < -0.39 is 18.1 Å². The highest BCUT2D eigenvalue weighted by Gasteiger charge is 2.34.